The molecule has 7 aromatic carbocycles. The van der Waals surface area contributed by atoms with E-state index in [-0.39, 0.29) is 6.17 Å². The molecule has 1 N–H and O–H groups in total. The summed E-state index contributed by atoms with van der Waals surface area (Å²) < 4.78 is 5.07. The maximum atomic E-state index is 5.27. The van der Waals surface area contributed by atoms with Crippen molar-refractivity contribution in [1.29, 1.82) is 0 Å². The molecule has 9 rings (SSSR count). The van der Waals surface area contributed by atoms with Crippen molar-refractivity contribution in [2.24, 2.45) is 4.99 Å². The van der Waals surface area contributed by atoms with Gasteiger partial charge in [0.05, 0.1) is 11.0 Å². The monoisotopic (exact) mass is 690 g/mol. The van der Waals surface area contributed by atoms with Gasteiger partial charge in [0.2, 0.25) is 0 Å². The minimum Gasteiger partial charge on any atom is -0.373 e. The molecule has 0 spiro atoms. The number of rotatable bonds is 8. The van der Waals surface area contributed by atoms with Crippen molar-refractivity contribution in [1.82, 2.24) is 14.8 Å². The lowest BCUT2D eigenvalue weighted by atomic mass is 10.0. The third kappa shape index (κ3) is 5.84. The number of fused-ring (bicyclic) bond motifs is 6. The minimum atomic E-state index is -0.175. The van der Waals surface area contributed by atoms with Gasteiger partial charge in [-0.05, 0) is 77.8 Å². The average molecular weight is 691 g/mol. The van der Waals surface area contributed by atoms with Crippen LogP contribution < -0.4 is 5.32 Å². The third-order valence-electron chi connectivity index (χ3n) is 10.0. The first-order valence-corrected chi connectivity index (χ1v) is 18.6. The molecule has 9 aromatic rings. The smallest absolute Gasteiger partial charge is 0.130 e. The topological polar surface area (TPSA) is 32.6 Å². The Morgan fingerprint density at radius 2 is 1.27 bits per heavy atom. The lowest BCUT2D eigenvalue weighted by Crippen LogP contribution is -2.27. The SMILES string of the molecule is CN/C(=N\C(c1ccccc1)N(C)Cc1cccc(-n2c3ccccc3c3cc(-c4ccc5sc6ccccc6c5c4)ccc32)c1)c1ccccc1. The molecule has 0 saturated carbocycles. The zero-order chi connectivity index (χ0) is 35.0. The fourth-order valence-corrected chi connectivity index (χ4v) is 8.65. The van der Waals surface area contributed by atoms with E-state index in [0.717, 1.165) is 29.2 Å². The Bertz CT molecular complexity index is 2720. The van der Waals surface area contributed by atoms with Crippen molar-refractivity contribution < 1.29 is 0 Å². The van der Waals surface area contributed by atoms with Gasteiger partial charge in [-0.3, -0.25) is 4.90 Å². The second kappa shape index (κ2) is 13.6. The molecule has 0 saturated heterocycles. The summed E-state index contributed by atoms with van der Waals surface area (Å²) in [5.74, 6) is 0.864. The quantitative estimate of drug-likeness (QED) is 0.127. The van der Waals surface area contributed by atoms with Gasteiger partial charge in [-0.2, -0.15) is 0 Å². The minimum absolute atomic E-state index is 0.175. The molecule has 0 fully saturated rings. The second-order valence-corrected chi connectivity index (χ2v) is 14.4. The first kappa shape index (κ1) is 31.9. The summed E-state index contributed by atoms with van der Waals surface area (Å²) in [5, 5.41) is 8.51. The van der Waals surface area contributed by atoms with Crippen molar-refractivity contribution in [3.05, 3.63) is 187 Å². The number of aliphatic imine (C=N–C) groups is 1. The third-order valence-corrected chi connectivity index (χ3v) is 11.2. The van der Waals surface area contributed by atoms with E-state index in [1.807, 2.05) is 24.5 Å². The first-order chi connectivity index (χ1) is 25.6. The molecule has 1 atom stereocenters. The predicted octanol–water partition coefficient (Wildman–Crippen LogP) is 11.6. The molecule has 5 heteroatoms. The van der Waals surface area contributed by atoms with Gasteiger partial charge in [0.15, 0.2) is 0 Å². The summed E-state index contributed by atoms with van der Waals surface area (Å²) in [5.41, 5.74) is 9.46. The largest absolute Gasteiger partial charge is 0.373 e. The number of para-hydroxylation sites is 1. The summed E-state index contributed by atoms with van der Waals surface area (Å²) >= 11 is 1.86. The van der Waals surface area contributed by atoms with Crippen LogP contribution in [0.1, 0.15) is 22.9 Å². The highest BCUT2D eigenvalue weighted by molar-refractivity contribution is 7.25. The molecular formula is C47H38N4S. The van der Waals surface area contributed by atoms with E-state index in [4.69, 9.17) is 4.99 Å². The Balaban J connectivity index is 1.09. The number of benzene rings is 7. The summed E-state index contributed by atoms with van der Waals surface area (Å²) in [4.78, 5) is 7.59. The summed E-state index contributed by atoms with van der Waals surface area (Å²) in [6.07, 6.45) is -0.175. The number of hydrogen-bond donors (Lipinski definition) is 1. The van der Waals surface area contributed by atoms with E-state index in [2.05, 4.69) is 186 Å². The Hall–Kier alpha value is -6.01. The number of nitrogens with one attached hydrogen (secondary N) is 1. The van der Waals surface area contributed by atoms with Crippen LogP contribution in [0.25, 0.3) is 58.8 Å². The summed E-state index contributed by atoms with van der Waals surface area (Å²) in [6.45, 7) is 0.726. The molecule has 2 heterocycles. The number of aromatic nitrogens is 1. The van der Waals surface area contributed by atoms with Crippen LogP contribution in [0.2, 0.25) is 0 Å². The van der Waals surface area contributed by atoms with Gasteiger partial charge >= 0.3 is 0 Å². The van der Waals surface area contributed by atoms with Gasteiger partial charge in [-0.15, -0.1) is 11.3 Å². The lowest BCUT2D eigenvalue weighted by Gasteiger charge is -2.27. The Kier molecular flexibility index (Phi) is 8.36. The van der Waals surface area contributed by atoms with Crippen LogP contribution in [0.15, 0.2) is 175 Å². The maximum Gasteiger partial charge on any atom is 0.130 e. The summed E-state index contributed by atoms with van der Waals surface area (Å²) in [7, 11) is 4.10. The van der Waals surface area contributed by atoms with Crippen LogP contribution in [-0.4, -0.2) is 29.4 Å². The molecule has 252 valence electrons. The van der Waals surface area contributed by atoms with Crippen LogP contribution in [0.5, 0.6) is 0 Å². The van der Waals surface area contributed by atoms with Crippen LogP contribution in [0.4, 0.5) is 0 Å². The molecule has 2 aromatic heterocycles. The van der Waals surface area contributed by atoms with Gasteiger partial charge in [-0.1, -0.05) is 121 Å². The van der Waals surface area contributed by atoms with E-state index in [0.29, 0.717) is 0 Å². The highest BCUT2D eigenvalue weighted by atomic mass is 32.1. The molecule has 0 radical (unpaired) electrons. The molecular weight excluding hydrogens is 653 g/mol. The van der Waals surface area contributed by atoms with Gasteiger partial charge in [0.1, 0.15) is 12.0 Å². The summed E-state index contributed by atoms with van der Waals surface area (Å²) in [6, 6.07) is 61.2. The van der Waals surface area contributed by atoms with E-state index in [1.165, 1.54) is 58.7 Å². The Morgan fingerprint density at radius 1 is 0.615 bits per heavy atom. The normalized spacial score (nSPS) is 12.7. The van der Waals surface area contributed by atoms with Crippen LogP contribution >= 0.6 is 11.3 Å². The molecule has 0 aliphatic heterocycles. The second-order valence-electron chi connectivity index (χ2n) is 13.4. The van der Waals surface area contributed by atoms with E-state index < -0.39 is 0 Å². The predicted molar refractivity (Wildman–Crippen MR) is 222 cm³/mol. The maximum absolute atomic E-state index is 5.27. The standard InChI is InChI=1S/C47H38N4S/c1-48-46(33-15-5-3-6-16-33)49-47(34-17-7-4-8-18-34)50(2)31-32-14-13-19-37(28-32)51-42-22-11-9-20-38(42)40-29-35(24-26-43(40)51)36-25-27-45-41(30-36)39-21-10-12-23-44(39)52-45/h3-30,47H,31H2,1-2H3,(H,48,49). The van der Waals surface area contributed by atoms with Gasteiger partial charge in [0, 0.05) is 55.8 Å². The van der Waals surface area contributed by atoms with Gasteiger partial charge in [-0.25, -0.2) is 4.99 Å². The van der Waals surface area contributed by atoms with Crippen molar-refractivity contribution in [2.75, 3.05) is 14.1 Å². The van der Waals surface area contributed by atoms with E-state index in [9.17, 15) is 0 Å². The molecule has 52 heavy (non-hydrogen) atoms. The molecule has 0 amide bonds. The van der Waals surface area contributed by atoms with E-state index in [1.54, 1.807) is 0 Å². The van der Waals surface area contributed by atoms with Crippen LogP contribution in [-0.2, 0) is 6.54 Å². The fourth-order valence-electron chi connectivity index (χ4n) is 7.56. The number of amidine groups is 1. The highest BCUT2D eigenvalue weighted by Crippen LogP contribution is 2.39. The molecule has 4 nitrogen and oxygen atoms in total. The molecule has 0 aliphatic carbocycles. The lowest BCUT2D eigenvalue weighted by molar-refractivity contribution is 0.243. The first-order valence-electron chi connectivity index (χ1n) is 17.7. The molecule has 0 aliphatic rings. The zero-order valence-electron chi connectivity index (χ0n) is 29.2. The van der Waals surface area contributed by atoms with Crippen molar-refractivity contribution >= 4 is 59.2 Å². The zero-order valence-corrected chi connectivity index (χ0v) is 30.0. The molecule has 1 unspecified atom stereocenters. The van der Waals surface area contributed by atoms with Gasteiger partial charge in [0.25, 0.3) is 0 Å². The van der Waals surface area contributed by atoms with Crippen molar-refractivity contribution in [3.63, 3.8) is 0 Å². The number of thiophene rings is 1. The molecule has 0 bridgehead atoms. The van der Waals surface area contributed by atoms with Gasteiger partial charge < -0.3 is 9.88 Å². The number of nitrogens with zero attached hydrogens (tertiary/aromatic N) is 3. The van der Waals surface area contributed by atoms with Crippen molar-refractivity contribution in [2.45, 2.75) is 12.7 Å². The Morgan fingerprint density at radius 3 is 2.08 bits per heavy atom. The van der Waals surface area contributed by atoms with Crippen LogP contribution in [0.3, 0.4) is 0 Å². The van der Waals surface area contributed by atoms with Crippen molar-refractivity contribution in [3.8, 4) is 16.8 Å². The number of hydrogen-bond acceptors (Lipinski definition) is 3. The average Bonchev–Trinajstić information content (AvgIpc) is 3.74. The Labute approximate surface area is 307 Å². The fraction of sp³-hybridized carbons (Fsp3) is 0.0851. The van der Waals surface area contributed by atoms with Crippen LogP contribution in [0, 0.1) is 0 Å². The van der Waals surface area contributed by atoms with E-state index >= 15 is 0 Å². The highest BCUT2D eigenvalue weighted by Gasteiger charge is 2.19.